The van der Waals surface area contributed by atoms with E-state index in [0.717, 1.165) is 0 Å². The van der Waals surface area contributed by atoms with Crippen molar-refractivity contribution in [1.29, 1.82) is 0 Å². The van der Waals surface area contributed by atoms with E-state index in [1.165, 1.54) is 6.07 Å². The van der Waals surface area contributed by atoms with Gasteiger partial charge in [0.15, 0.2) is 0 Å². The summed E-state index contributed by atoms with van der Waals surface area (Å²) in [6, 6.07) is 13.2. The first-order valence-corrected chi connectivity index (χ1v) is 9.13. The van der Waals surface area contributed by atoms with E-state index in [9.17, 15) is 19.7 Å². The Bertz CT molecular complexity index is 883. The first-order valence-electron chi connectivity index (χ1n) is 8.75. The molecular weight excluding hydrogens is 384 g/mol. The van der Waals surface area contributed by atoms with Gasteiger partial charge in [-0.2, -0.15) is 0 Å². The third-order valence-corrected chi connectivity index (χ3v) is 4.78. The fourth-order valence-electron chi connectivity index (χ4n) is 3.07. The van der Waals surface area contributed by atoms with E-state index in [2.05, 4.69) is 5.32 Å². The molecule has 0 aromatic heterocycles. The molecule has 1 N–H and O–H groups in total. The fourth-order valence-corrected chi connectivity index (χ4v) is 3.23. The number of nitro benzene ring substituents is 1. The number of nitrogens with zero attached hydrogens (tertiary/aromatic N) is 3. The Balaban J connectivity index is 1.55. The van der Waals surface area contributed by atoms with Gasteiger partial charge in [0.05, 0.1) is 11.5 Å². The van der Waals surface area contributed by atoms with Gasteiger partial charge in [0, 0.05) is 42.8 Å². The van der Waals surface area contributed by atoms with Crippen LogP contribution in [-0.4, -0.2) is 54.4 Å². The normalized spacial score (nSPS) is 13.9. The van der Waals surface area contributed by atoms with Crippen LogP contribution in [0.1, 0.15) is 10.4 Å². The topological polar surface area (TPSA) is 95.8 Å². The Morgan fingerprint density at radius 2 is 1.75 bits per heavy atom. The maximum absolute atomic E-state index is 12.4. The second-order valence-corrected chi connectivity index (χ2v) is 6.74. The minimum absolute atomic E-state index is 0.0533. The van der Waals surface area contributed by atoms with Crippen LogP contribution in [0, 0.1) is 10.1 Å². The fraction of sp³-hybridized carbons (Fsp3) is 0.263. The van der Waals surface area contributed by atoms with Crippen LogP contribution in [0.2, 0.25) is 5.02 Å². The van der Waals surface area contributed by atoms with Gasteiger partial charge in [-0.1, -0.05) is 29.8 Å². The lowest BCUT2D eigenvalue weighted by Crippen LogP contribution is -2.51. The molecule has 1 aliphatic rings. The average Bonchev–Trinajstić information content (AvgIpc) is 2.72. The quantitative estimate of drug-likeness (QED) is 0.611. The van der Waals surface area contributed by atoms with Crippen LogP contribution >= 0.6 is 11.6 Å². The summed E-state index contributed by atoms with van der Waals surface area (Å²) in [5.41, 5.74) is 0.927. The minimum Gasteiger partial charge on any atom is -0.362 e. The highest BCUT2D eigenvalue weighted by Gasteiger charge is 2.26. The van der Waals surface area contributed by atoms with Crippen molar-refractivity contribution in [2.45, 2.75) is 0 Å². The predicted octanol–water partition coefficient (Wildman–Crippen LogP) is 2.33. The van der Waals surface area contributed by atoms with Crippen molar-refractivity contribution in [2.24, 2.45) is 0 Å². The summed E-state index contributed by atoms with van der Waals surface area (Å²) in [5.74, 6) is -0.487. The molecule has 146 valence electrons. The first kappa shape index (κ1) is 19.6. The van der Waals surface area contributed by atoms with Gasteiger partial charge in [-0.15, -0.1) is 0 Å². The first-order chi connectivity index (χ1) is 13.5. The second kappa shape index (κ2) is 8.71. The standard InChI is InChI=1S/C19H19ClN4O4/c20-15-6-7-16(17(12-15)24(27)28)22-8-10-23(11-9-22)18(25)13-21-19(26)14-4-2-1-3-5-14/h1-7,12H,8-11,13H2,(H,21,26). The van der Waals surface area contributed by atoms with Gasteiger partial charge < -0.3 is 15.1 Å². The third-order valence-electron chi connectivity index (χ3n) is 4.54. The summed E-state index contributed by atoms with van der Waals surface area (Å²) < 4.78 is 0. The van der Waals surface area contributed by atoms with Crippen molar-refractivity contribution in [3.8, 4) is 0 Å². The average molecular weight is 403 g/mol. The number of carbonyl (C=O) groups excluding carboxylic acids is 2. The summed E-state index contributed by atoms with van der Waals surface area (Å²) in [5, 5.41) is 14.2. The van der Waals surface area contributed by atoms with E-state index < -0.39 is 4.92 Å². The van der Waals surface area contributed by atoms with Gasteiger partial charge in [0.1, 0.15) is 5.69 Å². The summed E-state index contributed by atoms with van der Waals surface area (Å²) in [6.07, 6.45) is 0. The number of hydrogen-bond donors (Lipinski definition) is 1. The van der Waals surface area contributed by atoms with Crippen LogP contribution < -0.4 is 10.2 Å². The van der Waals surface area contributed by atoms with Gasteiger partial charge >= 0.3 is 0 Å². The van der Waals surface area contributed by atoms with Gasteiger partial charge in [0.2, 0.25) is 5.91 Å². The number of hydrogen-bond acceptors (Lipinski definition) is 5. The van der Waals surface area contributed by atoms with Crippen molar-refractivity contribution >= 4 is 34.8 Å². The molecule has 1 aliphatic heterocycles. The molecule has 2 aromatic rings. The Hall–Kier alpha value is -3.13. The van der Waals surface area contributed by atoms with Crippen molar-refractivity contribution in [3.63, 3.8) is 0 Å². The molecule has 0 spiro atoms. The number of nitrogens with one attached hydrogen (secondary N) is 1. The lowest BCUT2D eigenvalue weighted by molar-refractivity contribution is -0.384. The predicted molar refractivity (Wildman–Crippen MR) is 106 cm³/mol. The minimum atomic E-state index is -0.460. The van der Waals surface area contributed by atoms with E-state index in [1.807, 2.05) is 11.0 Å². The van der Waals surface area contributed by atoms with Crippen molar-refractivity contribution in [1.82, 2.24) is 10.2 Å². The molecule has 1 heterocycles. The highest BCUT2D eigenvalue weighted by molar-refractivity contribution is 6.30. The van der Waals surface area contributed by atoms with Crippen LogP contribution in [-0.2, 0) is 4.79 Å². The SMILES string of the molecule is O=C(NCC(=O)N1CCN(c2ccc(Cl)cc2[N+](=O)[O-])CC1)c1ccccc1. The van der Waals surface area contributed by atoms with E-state index in [-0.39, 0.29) is 24.0 Å². The zero-order valence-corrected chi connectivity index (χ0v) is 15.8. The van der Waals surface area contributed by atoms with Crippen LogP contribution in [0.3, 0.4) is 0 Å². The molecule has 0 radical (unpaired) electrons. The van der Waals surface area contributed by atoms with Crippen molar-refractivity contribution < 1.29 is 14.5 Å². The maximum Gasteiger partial charge on any atom is 0.294 e. The van der Waals surface area contributed by atoms with Crippen LogP contribution in [0.5, 0.6) is 0 Å². The van der Waals surface area contributed by atoms with E-state index >= 15 is 0 Å². The maximum atomic E-state index is 12.4. The van der Waals surface area contributed by atoms with E-state index in [4.69, 9.17) is 11.6 Å². The van der Waals surface area contributed by atoms with Gasteiger partial charge in [-0.3, -0.25) is 19.7 Å². The molecule has 0 aliphatic carbocycles. The molecule has 8 nitrogen and oxygen atoms in total. The van der Waals surface area contributed by atoms with Gasteiger partial charge in [0.25, 0.3) is 11.6 Å². The number of piperazine rings is 1. The zero-order chi connectivity index (χ0) is 20.1. The number of halogens is 1. The molecule has 0 unspecified atom stereocenters. The lowest BCUT2D eigenvalue weighted by Gasteiger charge is -2.35. The smallest absolute Gasteiger partial charge is 0.294 e. The largest absolute Gasteiger partial charge is 0.362 e. The molecule has 3 rings (SSSR count). The van der Waals surface area contributed by atoms with Crippen molar-refractivity contribution in [2.75, 3.05) is 37.6 Å². The summed E-state index contributed by atoms with van der Waals surface area (Å²) >= 11 is 5.86. The van der Waals surface area contributed by atoms with Crippen molar-refractivity contribution in [3.05, 3.63) is 69.2 Å². The monoisotopic (exact) mass is 402 g/mol. The molecule has 1 saturated heterocycles. The summed E-state index contributed by atoms with van der Waals surface area (Å²) in [7, 11) is 0. The van der Waals surface area contributed by atoms with Gasteiger partial charge in [-0.25, -0.2) is 0 Å². The Morgan fingerprint density at radius 1 is 1.07 bits per heavy atom. The molecule has 0 bridgehead atoms. The number of rotatable bonds is 5. The highest BCUT2D eigenvalue weighted by Crippen LogP contribution is 2.31. The number of carbonyl (C=O) groups is 2. The van der Waals surface area contributed by atoms with Crippen LogP contribution in [0.15, 0.2) is 48.5 Å². The Kier molecular flexibility index (Phi) is 6.10. The Labute approximate surface area is 166 Å². The number of anilines is 1. The second-order valence-electron chi connectivity index (χ2n) is 6.31. The molecule has 0 atom stereocenters. The van der Waals surface area contributed by atoms with E-state index in [1.54, 1.807) is 41.3 Å². The molecule has 2 aromatic carbocycles. The van der Waals surface area contributed by atoms with Crippen LogP contribution in [0.4, 0.5) is 11.4 Å². The van der Waals surface area contributed by atoms with E-state index in [0.29, 0.717) is 42.5 Å². The molecular formula is C19H19ClN4O4. The lowest BCUT2D eigenvalue weighted by atomic mass is 10.2. The number of amides is 2. The Morgan fingerprint density at radius 3 is 2.39 bits per heavy atom. The third kappa shape index (κ3) is 4.58. The zero-order valence-electron chi connectivity index (χ0n) is 15.0. The summed E-state index contributed by atoms with van der Waals surface area (Å²) in [6.45, 7) is 1.66. The molecule has 9 heteroatoms. The molecule has 2 amide bonds. The van der Waals surface area contributed by atoms with Crippen LogP contribution in [0.25, 0.3) is 0 Å². The molecule has 1 fully saturated rings. The molecule has 0 saturated carbocycles. The van der Waals surface area contributed by atoms with Gasteiger partial charge in [-0.05, 0) is 24.3 Å². The molecule has 28 heavy (non-hydrogen) atoms. The number of benzene rings is 2. The number of nitro groups is 1. The highest BCUT2D eigenvalue weighted by atomic mass is 35.5. The summed E-state index contributed by atoms with van der Waals surface area (Å²) in [4.78, 5) is 38.7.